The molecule has 214 valence electrons. The summed E-state index contributed by atoms with van der Waals surface area (Å²) >= 11 is 1.60. The van der Waals surface area contributed by atoms with E-state index in [2.05, 4.69) is 25.9 Å². The molecule has 0 aliphatic carbocycles. The van der Waals surface area contributed by atoms with Gasteiger partial charge in [-0.1, -0.05) is 43.3 Å². The molecule has 40 heavy (non-hydrogen) atoms. The predicted octanol–water partition coefficient (Wildman–Crippen LogP) is 3.21. The van der Waals surface area contributed by atoms with Crippen molar-refractivity contribution in [2.75, 3.05) is 19.6 Å². The van der Waals surface area contributed by atoms with Crippen molar-refractivity contribution < 1.29 is 14.7 Å². The number of carbonyl (C=O) groups is 2. The van der Waals surface area contributed by atoms with Gasteiger partial charge in [0.1, 0.15) is 12.1 Å². The molecule has 4 atom stereocenters. The van der Waals surface area contributed by atoms with Crippen LogP contribution in [-0.4, -0.2) is 73.6 Å². The number of likely N-dealkylation sites (tertiary alicyclic amines) is 1. The Hall–Kier alpha value is -3.15. The van der Waals surface area contributed by atoms with Crippen LogP contribution in [0.2, 0.25) is 0 Å². The predicted molar refractivity (Wildman–Crippen MR) is 154 cm³/mol. The third kappa shape index (κ3) is 5.96. The van der Waals surface area contributed by atoms with Crippen LogP contribution in [0.1, 0.15) is 75.0 Å². The Bertz CT molecular complexity index is 1320. The van der Waals surface area contributed by atoms with Crippen LogP contribution < -0.4 is 10.6 Å². The van der Waals surface area contributed by atoms with Crippen LogP contribution in [0.25, 0.3) is 10.4 Å². The molecule has 4 heterocycles. The van der Waals surface area contributed by atoms with Crippen molar-refractivity contribution in [1.82, 2.24) is 35.5 Å². The molecule has 2 fully saturated rings. The van der Waals surface area contributed by atoms with Gasteiger partial charge in [-0.05, 0) is 56.8 Å². The van der Waals surface area contributed by atoms with Crippen molar-refractivity contribution in [3.63, 3.8) is 0 Å². The molecule has 2 aromatic heterocycles. The molecular formula is C29H39N7O3S. The van der Waals surface area contributed by atoms with Crippen molar-refractivity contribution in [3.05, 3.63) is 52.9 Å². The van der Waals surface area contributed by atoms with E-state index in [1.807, 2.05) is 63.7 Å². The second-order valence-electron chi connectivity index (χ2n) is 11.4. The maximum atomic E-state index is 13.9. The Kier molecular flexibility index (Phi) is 8.62. The van der Waals surface area contributed by atoms with E-state index in [1.54, 1.807) is 16.0 Å². The smallest absolute Gasteiger partial charge is 0.248 e. The summed E-state index contributed by atoms with van der Waals surface area (Å²) in [7, 11) is 0. The number of hydrogen-bond acceptors (Lipinski definition) is 8. The van der Waals surface area contributed by atoms with Gasteiger partial charge in [0.2, 0.25) is 11.8 Å². The fourth-order valence-corrected chi connectivity index (χ4v) is 6.62. The van der Waals surface area contributed by atoms with Crippen LogP contribution in [0.15, 0.2) is 36.0 Å². The number of carbonyl (C=O) groups excluding carboxylic acids is 2. The molecule has 0 radical (unpaired) electrons. The third-order valence-electron chi connectivity index (χ3n) is 8.10. The lowest BCUT2D eigenvalue weighted by atomic mass is 9.95. The van der Waals surface area contributed by atoms with Crippen LogP contribution in [0.5, 0.6) is 0 Å². The number of aryl methyl sites for hydroxylation is 1. The summed E-state index contributed by atoms with van der Waals surface area (Å²) in [5.41, 5.74) is 5.79. The average Bonchev–Trinajstić information content (AvgIpc) is 3.69. The van der Waals surface area contributed by atoms with Crippen LogP contribution >= 0.6 is 11.3 Å². The Labute approximate surface area is 239 Å². The number of thiazole rings is 1. The highest BCUT2D eigenvalue weighted by molar-refractivity contribution is 7.13. The number of β-amino-alcohol motifs (C(OH)–C–C–N with tert-alkyl or cyclic N) is 1. The summed E-state index contributed by atoms with van der Waals surface area (Å²) in [6.07, 6.45) is 3.32. The quantitative estimate of drug-likeness (QED) is 0.383. The highest BCUT2D eigenvalue weighted by atomic mass is 32.1. The Morgan fingerprint density at radius 3 is 2.52 bits per heavy atom. The zero-order chi connectivity index (χ0) is 28.4. The summed E-state index contributed by atoms with van der Waals surface area (Å²) in [5.74, 6) is -0.232. The van der Waals surface area contributed by atoms with Gasteiger partial charge in [-0.3, -0.25) is 9.59 Å². The van der Waals surface area contributed by atoms with Crippen LogP contribution in [0, 0.1) is 12.8 Å². The summed E-state index contributed by atoms with van der Waals surface area (Å²) < 4.78 is 1.65. The van der Waals surface area contributed by atoms with Gasteiger partial charge in [-0.15, -0.1) is 16.4 Å². The molecule has 5 rings (SSSR count). The minimum atomic E-state index is -0.759. The second kappa shape index (κ2) is 12.2. The number of aliphatic hydroxyl groups is 1. The molecule has 2 saturated heterocycles. The van der Waals surface area contributed by atoms with E-state index in [9.17, 15) is 14.7 Å². The molecule has 2 unspecified atom stereocenters. The largest absolute Gasteiger partial charge is 0.391 e. The number of aromatic nitrogens is 4. The Morgan fingerprint density at radius 1 is 1.15 bits per heavy atom. The number of amides is 2. The summed E-state index contributed by atoms with van der Waals surface area (Å²) in [4.78, 5) is 34.3. The van der Waals surface area contributed by atoms with Gasteiger partial charge >= 0.3 is 0 Å². The van der Waals surface area contributed by atoms with Crippen molar-refractivity contribution in [1.29, 1.82) is 0 Å². The third-order valence-corrected chi connectivity index (χ3v) is 9.07. The molecule has 0 bridgehead atoms. The van der Waals surface area contributed by atoms with Crippen molar-refractivity contribution >= 4 is 23.2 Å². The van der Waals surface area contributed by atoms with E-state index in [1.165, 1.54) is 4.90 Å². The van der Waals surface area contributed by atoms with Gasteiger partial charge in [0.15, 0.2) is 0 Å². The SMILES string of the molecule is Cc1ncsc1-c1ccc([C@H](C)NC(=O)C2CC(O)CN2C(=O)[C@H](C(C)C)n2cc(C3CCNCC3)nn2)cc1. The number of rotatable bonds is 8. The molecule has 10 nitrogen and oxygen atoms in total. The van der Waals surface area contributed by atoms with Gasteiger partial charge in [-0.2, -0.15) is 0 Å². The molecule has 3 aromatic rings. The lowest BCUT2D eigenvalue weighted by Gasteiger charge is -2.30. The van der Waals surface area contributed by atoms with Crippen molar-refractivity contribution in [2.24, 2.45) is 5.92 Å². The maximum absolute atomic E-state index is 13.9. The second-order valence-corrected chi connectivity index (χ2v) is 12.2. The first-order valence-corrected chi connectivity index (χ1v) is 15.0. The molecule has 3 N–H and O–H groups in total. The number of nitrogens with zero attached hydrogens (tertiary/aromatic N) is 5. The summed E-state index contributed by atoms with van der Waals surface area (Å²) in [5, 5.41) is 25.7. The summed E-state index contributed by atoms with van der Waals surface area (Å²) in [6.45, 7) is 9.86. The molecule has 11 heteroatoms. The topological polar surface area (TPSA) is 125 Å². The molecular weight excluding hydrogens is 526 g/mol. The zero-order valence-corrected chi connectivity index (χ0v) is 24.4. The maximum Gasteiger partial charge on any atom is 0.248 e. The van der Waals surface area contributed by atoms with Gasteiger partial charge in [0.05, 0.1) is 33.9 Å². The van der Waals surface area contributed by atoms with Crippen molar-refractivity contribution in [2.45, 2.75) is 77.1 Å². The fraction of sp³-hybridized carbons (Fsp3) is 0.552. The van der Waals surface area contributed by atoms with Crippen LogP contribution in [0.3, 0.4) is 0 Å². The first kappa shape index (κ1) is 28.4. The van der Waals surface area contributed by atoms with E-state index < -0.39 is 18.2 Å². The number of piperidine rings is 1. The first-order valence-electron chi connectivity index (χ1n) is 14.1. The van der Waals surface area contributed by atoms with E-state index in [-0.39, 0.29) is 36.7 Å². The van der Waals surface area contributed by atoms with Crippen LogP contribution in [0.4, 0.5) is 0 Å². The molecule has 0 spiro atoms. The van der Waals surface area contributed by atoms with E-state index in [0.717, 1.165) is 53.3 Å². The Morgan fingerprint density at radius 2 is 1.88 bits per heavy atom. The lowest BCUT2D eigenvalue weighted by Crippen LogP contribution is -2.49. The molecule has 2 amide bonds. The number of benzene rings is 1. The molecule has 0 saturated carbocycles. The lowest BCUT2D eigenvalue weighted by molar-refractivity contribution is -0.142. The number of hydrogen-bond donors (Lipinski definition) is 3. The number of nitrogens with one attached hydrogen (secondary N) is 2. The molecule has 1 aromatic carbocycles. The van der Waals surface area contributed by atoms with E-state index >= 15 is 0 Å². The van der Waals surface area contributed by atoms with Gasteiger partial charge in [0, 0.05) is 25.1 Å². The van der Waals surface area contributed by atoms with Crippen LogP contribution in [-0.2, 0) is 9.59 Å². The molecule has 2 aliphatic rings. The minimum Gasteiger partial charge on any atom is -0.391 e. The summed E-state index contributed by atoms with van der Waals surface area (Å²) in [6, 6.07) is 6.47. The number of aliphatic hydroxyl groups excluding tert-OH is 1. The monoisotopic (exact) mass is 565 g/mol. The highest BCUT2D eigenvalue weighted by Gasteiger charge is 2.43. The fourth-order valence-electron chi connectivity index (χ4n) is 5.81. The standard InChI is InChI=1S/C29H39N7O3S/c1-17(2)26(36-15-24(33-34-36)21-9-11-30-12-10-21)29(39)35-14-23(37)13-25(35)28(38)32-18(3)20-5-7-22(8-6-20)27-19(4)31-16-40-27/h5-8,15-18,21,23,25-26,30,37H,9-14H2,1-4H3,(H,32,38)/t18-,23?,25?,26-/m0/s1. The van der Waals surface area contributed by atoms with E-state index in [4.69, 9.17) is 0 Å². The van der Waals surface area contributed by atoms with E-state index in [0.29, 0.717) is 5.92 Å². The minimum absolute atomic E-state index is 0.0730. The normalized spacial score (nSPS) is 21.5. The average molecular weight is 566 g/mol. The van der Waals surface area contributed by atoms with Gasteiger partial charge in [0.25, 0.3) is 0 Å². The van der Waals surface area contributed by atoms with Gasteiger partial charge in [-0.25, -0.2) is 9.67 Å². The zero-order valence-electron chi connectivity index (χ0n) is 23.6. The first-order chi connectivity index (χ1) is 19.2. The molecule has 2 aliphatic heterocycles. The van der Waals surface area contributed by atoms with Gasteiger partial charge < -0.3 is 20.6 Å². The Balaban J connectivity index is 1.28. The highest BCUT2D eigenvalue weighted by Crippen LogP contribution is 2.30. The van der Waals surface area contributed by atoms with Crippen molar-refractivity contribution in [3.8, 4) is 10.4 Å².